The molecule has 0 saturated carbocycles. The highest BCUT2D eigenvalue weighted by atomic mass is 35.5. The van der Waals surface area contributed by atoms with Gasteiger partial charge in [-0.05, 0) is 23.6 Å². The molecule has 96 valence electrons. The van der Waals surface area contributed by atoms with Crippen molar-refractivity contribution in [1.29, 1.82) is 0 Å². The maximum Gasteiger partial charge on any atom is 0.226 e. The van der Waals surface area contributed by atoms with Crippen LogP contribution in [0, 0.1) is 0 Å². The van der Waals surface area contributed by atoms with Gasteiger partial charge in [0.15, 0.2) is 0 Å². The Morgan fingerprint density at radius 3 is 3.00 bits per heavy atom. The molecule has 0 fully saturated rings. The van der Waals surface area contributed by atoms with Gasteiger partial charge < -0.3 is 14.9 Å². The van der Waals surface area contributed by atoms with Crippen LogP contribution in [0.2, 0.25) is 0 Å². The molecule has 1 aliphatic heterocycles. The highest BCUT2D eigenvalue weighted by Crippen LogP contribution is 2.33. The van der Waals surface area contributed by atoms with Crippen LogP contribution in [-0.4, -0.2) is 18.1 Å². The van der Waals surface area contributed by atoms with E-state index in [4.69, 9.17) is 14.9 Å². The maximum atomic E-state index is 5.72. The SMILES string of the molecule is Cl.NC[C@@H]1OCCc2c(-c3ncco3)cccc21. The van der Waals surface area contributed by atoms with E-state index in [2.05, 4.69) is 11.1 Å². The minimum atomic E-state index is -0.00587. The Balaban J connectivity index is 0.00000120. The van der Waals surface area contributed by atoms with Gasteiger partial charge in [0.1, 0.15) is 6.26 Å². The van der Waals surface area contributed by atoms with E-state index in [0.29, 0.717) is 19.0 Å². The van der Waals surface area contributed by atoms with E-state index in [1.807, 2.05) is 12.1 Å². The standard InChI is InChI=1S/C13H14N2O2.ClH/c14-8-12-10-2-1-3-11(9(10)4-6-16-12)13-15-5-7-17-13;/h1-3,5,7,12H,4,6,8,14H2;1H/t12-;/m0./s1. The highest BCUT2D eigenvalue weighted by Gasteiger charge is 2.23. The van der Waals surface area contributed by atoms with E-state index in [0.717, 1.165) is 17.5 Å². The van der Waals surface area contributed by atoms with Crippen LogP contribution in [0.4, 0.5) is 0 Å². The number of hydrogen-bond donors (Lipinski definition) is 1. The number of hydrogen-bond acceptors (Lipinski definition) is 4. The second-order valence-electron chi connectivity index (χ2n) is 4.06. The van der Waals surface area contributed by atoms with E-state index in [1.165, 1.54) is 5.56 Å². The molecule has 0 saturated heterocycles. The second-order valence-corrected chi connectivity index (χ2v) is 4.06. The number of benzene rings is 1. The van der Waals surface area contributed by atoms with Crippen molar-refractivity contribution in [1.82, 2.24) is 4.98 Å². The number of halogens is 1. The van der Waals surface area contributed by atoms with Crippen LogP contribution in [0.15, 0.2) is 35.1 Å². The average Bonchev–Trinajstić information content (AvgIpc) is 2.91. The fourth-order valence-corrected chi connectivity index (χ4v) is 2.33. The third kappa shape index (κ3) is 2.14. The summed E-state index contributed by atoms with van der Waals surface area (Å²) in [6.07, 6.45) is 4.13. The first-order chi connectivity index (χ1) is 8.40. The molecular weight excluding hydrogens is 252 g/mol. The molecule has 1 aliphatic rings. The Morgan fingerprint density at radius 1 is 1.39 bits per heavy atom. The first-order valence-corrected chi connectivity index (χ1v) is 5.73. The predicted octanol–water partition coefficient (Wildman–Crippen LogP) is 2.34. The molecule has 2 N–H and O–H groups in total. The van der Waals surface area contributed by atoms with Gasteiger partial charge in [0.25, 0.3) is 0 Å². The summed E-state index contributed by atoms with van der Waals surface area (Å²) in [5, 5.41) is 0. The molecule has 3 rings (SSSR count). The van der Waals surface area contributed by atoms with Crippen molar-refractivity contribution in [2.75, 3.05) is 13.2 Å². The molecule has 1 atom stereocenters. The van der Waals surface area contributed by atoms with Crippen LogP contribution in [-0.2, 0) is 11.2 Å². The summed E-state index contributed by atoms with van der Waals surface area (Å²) >= 11 is 0. The maximum absolute atomic E-state index is 5.72. The van der Waals surface area contributed by atoms with Crippen molar-refractivity contribution in [3.63, 3.8) is 0 Å². The lowest BCUT2D eigenvalue weighted by molar-refractivity contribution is 0.0486. The Hall–Kier alpha value is -1.36. The van der Waals surface area contributed by atoms with Gasteiger partial charge in [-0.25, -0.2) is 4.98 Å². The fraction of sp³-hybridized carbons (Fsp3) is 0.308. The minimum Gasteiger partial charge on any atom is -0.445 e. The number of oxazole rings is 1. The van der Waals surface area contributed by atoms with E-state index in [1.54, 1.807) is 12.5 Å². The number of nitrogens with zero attached hydrogens (tertiary/aromatic N) is 1. The summed E-state index contributed by atoms with van der Waals surface area (Å²) in [5.74, 6) is 0.666. The molecular formula is C13H15ClN2O2. The van der Waals surface area contributed by atoms with Crippen LogP contribution < -0.4 is 5.73 Å². The van der Waals surface area contributed by atoms with E-state index in [9.17, 15) is 0 Å². The quantitative estimate of drug-likeness (QED) is 0.906. The normalized spacial score (nSPS) is 17.9. The van der Waals surface area contributed by atoms with Gasteiger partial charge in [-0.1, -0.05) is 12.1 Å². The smallest absolute Gasteiger partial charge is 0.226 e. The topological polar surface area (TPSA) is 61.3 Å². The third-order valence-electron chi connectivity index (χ3n) is 3.11. The molecule has 5 heteroatoms. The third-order valence-corrected chi connectivity index (χ3v) is 3.11. The van der Waals surface area contributed by atoms with Gasteiger partial charge >= 0.3 is 0 Å². The summed E-state index contributed by atoms with van der Waals surface area (Å²) < 4.78 is 11.0. The van der Waals surface area contributed by atoms with Gasteiger partial charge in [-0.3, -0.25) is 0 Å². The number of ether oxygens (including phenoxy) is 1. The lowest BCUT2D eigenvalue weighted by Crippen LogP contribution is -2.23. The molecule has 1 aromatic carbocycles. The Bertz CT molecular complexity index is 514. The molecule has 0 unspecified atom stereocenters. The van der Waals surface area contributed by atoms with E-state index < -0.39 is 0 Å². The van der Waals surface area contributed by atoms with Gasteiger partial charge in [0.05, 0.1) is 18.9 Å². The average molecular weight is 267 g/mol. The summed E-state index contributed by atoms with van der Waals surface area (Å²) in [7, 11) is 0. The highest BCUT2D eigenvalue weighted by molar-refractivity contribution is 5.85. The van der Waals surface area contributed by atoms with E-state index in [-0.39, 0.29) is 18.5 Å². The van der Waals surface area contributed by atoms with Crippen LogP contribution in [0.1, 0.15) is 17.2 Å². The summed E-state index contributed by atoms with van der Waals surface area (Å²) in [6.45, 7) is 1.20. The van der Waals surface area contributed by atoms with Crippen molar-refractivity contribution in [2.24, 2.45) is 5.73 Å². The number of nitrogens with two attached hydrogens (primary N) is 1. The molecule has 0 spiro atoms. The van der Waals surface area contributed by atoms with Crippen molar-refractivity contribution < 1.29 is 9.15 Å². The molecule has 0 bridgehead atoms. The van der Waals surface area contributed by atoms with Gasteiger partial charge in [-0.2, -0.15) is 0 Å². The van der Waals surface area contributed by atoms with Crippen LogP contribution in [0.5, 0.6) is 0 Å². The molecule has 18 heavy (non-hydrogen) atoms. The van der Waals surface area contributed by atoms with Gasteiger partial charge in [-0.15, -0.1) is 12.4 Å². The second kappa shape index (κ2) is 5.52. The Labute approximate surface area is 112 Å². The number of fused-ring (bicyclic) bond motifs is 1. The lowest BCUT2D eigenvalue weighted by Gasteiger charge is -2.26. The molecule has 0 amide bonds. The zero-order valence-corrected chi connectivity index (χ0v) is 10.7. The Kier molecular flexibility index (Phi) is 4.01. The number of rotatable bonds is 2. The minimum absolute atomic E-state index is 0. The van der Waals surface area contributed by atoms with Crippen LogP contribution >= 0.6 is 12.4 Å². The zero-order valence-electron chi connectivity index (χ0n) is 9.83. The zero-order chi connectivity index (χ0) is 11.7. The van der Waals surface area contributed by atoms with Gasteiger partial charge in [0.2, 0.25) is 5.89 Å². The van der Waals surface area contributed by atoms with Crippen molar-refractivity contribution in [2.45, 2.75) is 12.5 Å². The molecule has 1 aromatic heterocycles. The van der Waals surface area contributed by atoms with Crippen molar-refractivity contribution in [3.8, 4) is 11.5 Å². The van der Waals surface area contributed by atoms with Gasteiger partial charge in [0, 0.05) is 12.1 Å². The molecule has 2 aromatic rings. The first-order valence-electron chi connectivity index (χ1n) is 5.73. The first kappa shape index (κ1) is 13.1. The summed E-state index contributed by atoms with van der Waals surface area (Å²) in [6, 6.07) is 6.09. The number of aromatic nitrogens is 1. The van der Waals surface area contributed by atoms with Crippen LogP contribution in [0.25, 0.3) is 11.5 Å². The summed E-state index contributed by atoms with van der Waals surface area (Å²) in [4.78, 5) is 4.21. The van der Waals surface area contributed by atoms with E-state index >= 15 is 0 Å². The van der Waals surface area contributed by atoms with Crippen molar-refractivity contribution in [3.05, 3.63) is 41.8 Å². The predicted molar refractivity (Wildman–Crippen MR) is 70.6 cm³/mol. The molecule has 4 nitrogen and oxygen atoms in total. The fourth-order valence-electron chi connectivity index (χ4n) is 2.33. The lowest BCUT2D eigenvalue weighted by atomic mass is 9.93. The molecule has 0 aliphatic carbocycles. The molecule has 0 radical (unpaired) electrons. The largest absolute Gasteiger partial charge is 0.445 e. The van der Waals surface area contributed by atoms with Crippen LogP contribution in [0.3, 0.4) is 0 Å². The monoisotopic (exact) mass is 266 g/mol. The van der Waals surface area contributed by atoms with Crippen molar-refractivity contribution >= 4 is 12.4 Å². The summed E-state index contributed by atoms with van der Waals surface area (Å²) in [5.41, 5.74) is 9.18. The Morgan fingerprint density at radius 2 is 2.28 bits per heavy atom. The molecule has 2 heterocycles.